The third kappa shape index (κ3) is 2.67. The summed E-state index contributed by atoms with van der Waals surface area (Å²) in [5.74, 6) is 1.64. The molecule has 0 aliphatic heterocycles. The maximum atomic E-state index is 6.01. The third-order valence-electron chi connectivity index (χ3n) is 2.71. The second kappa shape index (κ2) is 5.11. The Labute approximate surface area is 119 Å². The minimum atomic E-state index is -0.0811. The summed E-state index contributed by atoms with van der Waals surface area (Å²) in [6.45, 7) is 0. The Bertz CT molecular complexity index is 659. The molecule has 0 spiro atoms. The minimum Gasteiger partial charge on any atom is -0.467 e. The van der Waals surface area contributed by atoms with Crippen molar-refractivity contribution in [3.8, 4) is 0 Å². The molecule has 0 bridgehead atoms. The Balaban J connectivity index is 1.93. The number of nitrogens with zero attached hydrogens (tertiary/aromatic N) is 2. The molecular weight excluding hydrogens is 282 g/mol. The second-order valence-corrected chi connectivity index (χ2v) is 5.86. The zero-order chi connectivity index (χ0) is 13.2. The van der Waals surface area contributed by atoms with Crippen LogP contribution < -0.4 is 5.32 Å². The lowest BCUT2D eigenvalue weighted by atomic mass is 10.2. The number of nitrogens with one attached hydrogen (secondary N) is 1. The highest BCUT2D eigenvalue weighted by atomic mass is 35.5. The van der Waals surface area contributed by atoms with Gasteiger partial charge in [0.25, 0.3) is 0 Å². The summed E-state index contributed by atoms with van der Waals surface area (Å²) in [6.07, 6.45) is 3.56. The van der Waals surface area contributed by atoms with E-state index < -0.39 is 0 Å². The highest BCUT2D eigenvalue weighted by Crippen LogP contribution is 2.33. The molecular formula is C13H12ClN3OS. The molecule has 0 aromatic carbocycles. The van der Waals surface area contributed by atoms with Gasteiger partial charge in [-0.15, -0.1) is 11.3 Å². The van der Waals surface area contributed by atoms with E-state index in [1.54, 1.807) is 10.9 Å². The van der Waals surface area contributed by atoms with Crippen molar-refractivity contribution in [2.24, 2.45) is 7.05 Å². The second-order valence-electron chi connectivity index (χ2n) is 4.11. The quantitative estimate of drug-likeness (QED) is 0.792. The lowest BCUT2D eigenvalue weighted by Crippen LogP contribution is -2.10. The van der Waals surface area contributed by atoms with E-state index in [1.165, 1.54) is 11.3 Å². The molecule has 0 saturated heterocycles. The van der Waals surface area contributed by atoms with Gasteiger partial charge in [0.2, 0.25) is 0 Å². The molecule has 0 saturated carbocycles. The predicted octanol–water partition coefficient (Wildman–Crippen LogP) is 3.93. The molecule has 1 N–H and O–H groups in total. The first kappa shape index (κ1) is 12.3. The van der Waals surface area contributed by atoms with Gasteiger partial charge in [-0.1, -0.05) is 11.6 Å². The molecule has 6 heteroatoms. The number of hydrogen-bond donors (Lipinski definition) is 1. The number of furan rings is 1. The average molecular weight is 294 g/mol. The van der Waals surface area contributed by atoms with Crippen LogP contribution in [0.2, 0.25) is 4.34 Å². The highest BCUT2D eigenvalue weighted by molar-refractivity contribution is 7.16. The Kier molecular flexibility index (Phi) is 3.31. The van der Waals surface area contributed by atoms with Crippen LogP contribution >= 0.6 is 22.9 Å². The van der Waals surface area contributed by atoms with E-state index in [1.807, 2.05) is 43.6 Å². The van der Waals surface area contributed by atoms with Gasteiger partial charge < -0.3 is 9.73 Å². The molecule has 3 aromatic rings. The van der Waals surface area contributed by atoms with Crippen LogP contribution in [0, 0.1) is 0 Å². The van der Waals surface area contributed by atoms with Crippen molar-refractivity contribution in [2.45, 2.75) is 6.04 Å². The fourth-order valence-corrected chi connectivity index (χ4v) is 2.98. The van der Waals surface area contributed by atoms with Crippen LogP contribution in [0.3, 0.4) is 0 Å². The fraction of sp³-hybridized carbons (Fsp3) is 0.154. The van der Waals surface area contributed by atoms with Crippen molar-refractivity contribution in [2.75, 3.05) is 5.32 Å². The molecule has 19 heavy (non-hydrogen) atoms. The van der Waals surface area contributed by atoms with Crippen LogP contribution in [-0.4, -0.2) is 9.78 Å². The Morgan fingerprint density at radius 1 is 1.37 bits per heavy atom. The smallest absolute Gasteiger partial charge is 0.148 e. The van der Waals surface area contributed by atoms with Crippen LogP contribution in [0.5, 0.6) is 0 Å². The molecule has 3 aromatic heterocycles. The van der Waals surface area contributed by atoms with Crippen molar-refractivity contribution in [3.05, 3.63) is 57.8 Å². The van der Waals surface area contributed by atoms with Gasteiger partial charge >= 0.3 is 0 Å². The van der Waals surface area contributed by atoms with Crippen molar-refractivity contribution >= 4 is 28.8 Å². The van der Waals surface area contributed by atoms with Crippen LogP contribution in [0.1, 0.15) is 16.7 Å². The van der Waals surface area contributed by atoms with Crippen LogP contribution in [0.4, 0.5) is 5.82 Å². The lowest BCUT2D eigenvalue weighted by molar-refractivity contribution is 0.500. The molecule has 1 atom stereocenters. The molecule has 0 fully saturated rings. The molecule has 98 valence electrons. The summed E-state index contributed by atoms with van der Waals surface area (Å²) >= 11 is 7.54. The number of anilines is 1. The van der Waals surface area contributed by atoms with Gasteiger partial charge in [-0.2, -0.15) is 5.10 Å². The van der Waals surface area contributed by atoms with Gasteiger partial charge in [-0.05, 0) is 24.3 Å². The minimum absolute atomic E-state index is 0.0811. The van der Waals surface area contributed by atoms with E-state index in [-0.39, 0.29) is 6.04 Å². The maximum absolute atomic E-state index is 6.01. The average Bonchev–Trinajstić information content (AvgIpc) is 3.08. The van der Waals surface area contributed by atoms with E-state index in [0.717, 1.165) is 20.8 Å². The van der Waals surface area contributed by atoms with E-state index in [9.17, 15) is 0 Å². The molecule has 0 aliphatic rings. The number of halogens is 1. The summed E-state index contributed by atoms with van der Waals surface area (Å²) in [5.41, 5.74) is 0. The Morgan fingerprint density at radius 3 is 2.84 bits per heavy atom. The van der Waals surface area contributed by atoms with Gasteiger partial charge in [0, 0.05) is 24.2 Å². The normalized spacial score (nSPS) is 12.5. The van der Waals surface area contributed by atoms with Crippen molar-refractivity contribution < 1.29 is 4.42 Å². The van der Waals surface area contributed by atoms with Crippen molar-refractivity contribution in [1.82, 2.24) is 9.78 Å². The number of thiophene rings is 1. The summed E-state index contributed by atoms with van der Waals surface area (Å²) in [6, 6.07) is 9.53. The summed E-state index contributed by atoms with van der Waals surface area (Å²) in [5, 5.41) is 7.69. The maximum Gasteiger partial charge on any atom is 0.148 e. The summed E-state index contributed by atoms with van der Waals surface area (Å²) < 4.78 is 8.02. The largest absolute Gasteiger partial charge is 0.467 e. The molecule has 0 amide bonds. The summed E-state index contributed by atoms with van der Waals surface area (Å²) in [4.78, 5) is 1.09. The first-order chi connectivity index (χ1) is 9.22. The van der Waals surface area contributed by atoms with Crippen LogP contribution in [-0.2, 0) is 7.05 Å². The molecule has 1 unspecified atom stereocenters. The first-order valence-corrected chi connectivity index (χ1v) is 6.96. The number of hydrogen-bond acceptors (Lipinski definition) is 4. The highest BCUT2D eigenvalue weighted by Gasteiger charge is 2.19. The fourth-order valence-electron chi connectivity index (χ4n) is 1.86. The van der Waals surface area contributed by atoms with Gasteiger partial charge in [-0.25, -0.2) is 0 Å². The lowest BCUT2D eigenvalue weighted by Gasteiger charge is -2.14. The van der Waals surface area contributed by atoms with E-state index in [0.29, 0.717) is 0 Å². The number of rotatable bonds is 4. The standard InChI is InChI=1S/C13H12ClN3OS/c1-17-7-6-12(16-17)15-13(9-3-2-8-18-9)10-4-5-11(14)19-10/h2-8,13H,1H3,(H,15,16). The predicted molar refractivity (Wildman–Crippen MR) is 76.7 cm³/mol. The third-order valence-corrected chi connectivity index (χ3v) is 4.01. The van der Waals surface area contributed by atoms with Crippen LogP contribution in [0.25, 0.3) is 0 Å². The molecule has 0 aliphatic carbocycles. The van der Waals surface area contributed by atoms with E-state index in [2.05, 4.69) is 10.4 Å². The zero-order valence-corrected chi connectivity index (χ0v) is 11.8. The van der Waals surface area contributed by atoms with E-state index in [4.69, 9.17) is 16.0 Å². The zero-order valence-electron chi connectivity index (χ0n) is 10.2. The van der Waals surface area contributed by atoms with Crippen LogP contribution in [0.15, 0.2) is 47.2 Å². The molecule has 3 rings (SSSR count). The summed E-state index contributed by atoms with van der Waals surface area (Å²) in [7, 11) is 1.88. The van der Waals surface area contributed by atoms with Gasteiger partial charge in [-0.3, -0.25) is 4.68 Å². The van der Waals surface area contributed by atoms with Gasteiger partial charge in [0.15, 0.2) is 0 Å². The first-order valence-electron chi connectivity index (χ1n) is 5.77. The van der Waals surface area contributed by atoms with Crippen molar-refractivity contribution in [3.63, 3.8) is 0 Å². The number of aromatic nitrogens is 2. The monoisotopic (exact) mass is 293 g/mol. The van der Waals surface area contributed by atoms with Gasteiger partial charge in [0.1, 0.15) is 17.6 Å². The SMILES string of the molecule is Cn1ccc(NC(c2ccco2)c2ccc(Cl)s2)n1. The topological polar surface area (TPSA) is 43.0 Å². The number of aryl methyl sites for hydroxylation is 1. The molecule has 0 radical (unpaired) electrons. The Morgan fingerprint density at radius 2 is 2.26 bits per heavy atom. The van der Waals surface area contributed by atoms with Crippen molar-refractivity contribution in [1.29, 1.82) is 0 Å². The molecule has 4 nitrogen and oxygen atoms in total. The van der Waals surface area contributed by atoms with E-state index >= 15 is 0 Å². The molecule has 3 heterocycles. The van der Waals surface area contributed by atoms with Gasteiger partial charge in [0.05, 0.1) is 10.6 Å². The Hall–Kier alpha value is -1.72.